The Hall–Kier alpha value is -1.10. The fourth-order valence-corrected chi connectivity index (χ4v) is 2.07. The molecule has 0 saturated heterocycles. The zero-order chi connectivity index (χ0) is 14.5. The van der Waals surface area contributed by atoms with E-state index in [0.29, 0.717) is 6.54 Å². The first-order chi connectivity index (χ1) is 8.84. The minimum atomic E-state index is -0.434. The van der Waals surface area contributed by atoms with E-state index in [1.165, 1.54) is 0 Å². The van der Waals surface area contributed by atoms with Gasteiger partial charge in [-0.05, 0) is 19.3 Å². The highest BCUT2D eigenvalue weighted by molar-refractivity contribution is 5.81. The lowest BCUT2D eigenvalue weighted by Gasteiger charge is -2.20. The molecule has 0 aromatic carbocycles. The van der Waals surface area contributed by atoms with Crippen molar-refractivity contribution in [2.24, 2.45) is 5.41 Å². The molecule has 1 fully saturated rings. The van der Waals surface area contributed by atoms with E-state index in [-0.39, 0.29) is 30.5 Å². The number of methoxy groups -OCH3 is 1. The van der Waals surface area contributed by atoms with Gasteiger partial charge in [-0.3, -0.25) is 9.59 Å². The molecule has 1 aliphatic carbocycles. The molecule has 0 aromatic rings. The Morgan fingerprint density at radius 1 is 1.21 bits per heavy atom. The van der Waals surface area contributed by atoms with E-state index in [1.807, 2.05) is 20.8 Å². The Bertz CT molecular complexity index is 322. The number of rotatable bonds is 5. The van der Waals surface area contributed by atoms with E-state index >= 15 is 0 Å². The Kier molecular flexibility index (Phi) is 5.79. The van der Waals surface area contributed by atoms with Crippen LogP contribution in [0.3, 0.4) is 0 Å². The number of hydrogen-bond donors (Lipinski definition) is 1. The van der Waals surface area contributed by atoms with Gasteiger partial charge >= 0.3 is 5.97 Å². The zero-order valence-electron chi connectivity index (χ0n) is 12.3. The predicted octanol–water partition coefficient (Wildman–Crippen LogP) is 1.65. The molecule has 0 bridgehead atoms. The number of amides is 1. The number of ether oxygens (including phenoxy) is 2. The van der Waals surface area contributed by atoms with Crippen molar-refractivity contribution < 1.29 is 19.1 Å². The number of carbonyl (C=O) groups excluding carboxylic acids is 2. The highest BCUT2D eigenvalue weighted by Gasteiger charge is 2.30. The van der Waals surface area contributed by atoms with Crippen LogP contribution in [0.5, 0.6) is 0 Å². The molecule has 19 heavy (non-hydrogen) atoms. The van der Waals surface area contributed by atoms with Gasteiger partial charge in [-0.15, -0.1) is 0 Å². The molecule has 1 N–H and O–H groups in total. The molecule has 5 heteroatoms. The van der Waals surface area contributed by atoms with Gasteiger partial charge in [-0.1, -0.05) is 20.8 Å². The van der Waals surface area contributed by atoms with Crippen LogP contribution in [0.4, 0.5) is 0 Å². The van der Waals surface area contributed by atoms with Crippen LogP contribution >= 0.6 is 0 Å². The van der Waals surface area contributed by atoms with Gasteiger partial charge in [0, 0.05) is 19.1 Å². The second kappa shape index (κ2) is 6.89. The van der Waals surface area contributed by atoms with Crippen molar-refractivity contribution in [2.75, 3.05) is 13.7 Å². The molecule has 2 atom stereocenters. The molecule has 1 saturated carbocycles. The average molecular weight is 271 g/mol. The highest BCUT2D eigenvalue weighted by atomic mass is 16.6. The normalized spacial score (nSPS) is 23.2. The maximum atomic E-state index is 11.7. The molecule has 5 nitrogen and oxygen atoms in total. The van der Waals surface area contributed by atoms with Crippen molar-refractivity contribution >= 4 is 11.9 Å². The second-order valence-corrected chi connectivity index (χ2v) is 5.99. The van der Waals surface area contributed by atoms with E-state index in [1.54, 1.807) is 7.11 Å². The van der Waals surface area contributed by atoms with Crippen LogP contribution in [0, 0.1) is 5.41 Å². The standard InChI is InChI=1S/C14H25NO4/c1-14(2,3)13(17)15-9-8-12(16)19-11-7-5-6-10(11)18-4/h10-11H,5-9H2,1-4H3,(H,15,17). The summed E-state index contributed by atoms with van der Waals surface area (Å²) in [5, 5.41) is 2.73. The van der Waals surface area contributed by atoms with Crippen molar-refractivity contribution in [1.29, 1.82) is 0 Å². The number of carbonyl (C=O) groups is 2. The molecule has 1 amide bonds. The first-order valence-electron chi connectivity index (χ1n) is 6.85. The van der Waals surface area contributed by atoms with Gasteiger partial charge in [0.1, 0.15) is 6.10 Å². The molecular weight excluding hydrogens is 246 g/mol. The summed E-state index contributed by atoms with van der Waals surface area (Å²) in [7, 11) is 1.64. The van der Waals surface area contributed by atoms with Gasteiger partial charge in [0.05, 0.1) is 12.5 Å². The van der Waals surface area contributed by atoms with Crippen LogP contribution in [0.15, 0.2) is 0 Å². The Balaban J connectivity index is 2.23. The molecule has 2 unspecified atom stereocenters. The third-order valence-corrected chi connectivity index (χ3v) is 3.27. The molecule has 110 valence electrons. The average Bonchev–Trinajstić information content (AvgIpc) is 2.74. The van der Waals surface area contributed by atoms with Gasteiger partial charge in [0.25, 0.3) is 0 Å². The molecule has 0 radical (unpaired) electrons. The minimum absolute atomic E-state index is 0.0214. The Morgan fingerprint density at radius 2 is 1.84 bits per heavy atom. The maximum absolute atomic E-state index is 11.7. The van der Waals surface area contributed by atoms with Crippen LogP contribution in [-0.4, -0.2) is 37.7 Å². The van der Waals surface area contributed by atoms with Crippen LogP contribution < -0.4 is 5.32 Å². The lowest BCUT2D eigenvalue weighted by Crippen LogP contribution is -2.36. The third-order valence-electron chi connectivity index (χ3n) is 3.27. The Morgan fingerprint density at radius 3 is 2.42 bits per heavy atom. The fraction of sp³-hybridized carbons (Fsp3) is 0.857. The monoisotopic (exact) mass is 271 g/mol. The van der Waals surface area contributed by atoms with Gasteiger partial charge in [0.2, 0.25) is 5.91 Å². The minimum Gasteiger partial charge on any atom is -0.460 e. The largest absolute Gasteiger partial charge is 0.460 e. The SMILES string of the molecule is COC1CCCC1OC(=O)CCNC(=O)C(C)(C)C. The quantitative estimate of drug-likeness (QED) is 0.772. The molecule has 0 aliphatic heterocycles. The van der Waals surface area contributed by atoms with Gasteiger partial charge < -0.3 is 14.8 Å². The summed E-state index contributed by atoms with van der Waals surface area (Å²) >= 11 is 0. The van der Waals surface area contributed by atoms with E-state index < -0.39 is 5.41 Å². The first kappa shape index (κ1) is 16.0. The summed E-state index contributed by atoms with van der Waals surface area (Å²) in [5.74, 6) is -0.334. The van der Waals surface area contributed by atoms with Crippen LogP contribution in [-0.2, 0) is 19.1 Å². The summed E-state index contributed by atoms with van der Waals surface area (Å²) in [6.45, 7) is 5.83. The summed E-state index contributed by atoms with van der Waals surface area (Å²) in [5.41, 5.74) is -0.434. The lowest BCUT2D eigenvalue weighted by molar-refractivity contribution is -0.154. The van der Waals surface area contributed by atoms with Crippen molar-refractivity contribution in [3.05, 3.63) is 0 Å². The molecule has 1 rings (SSSR count). The molecule has 0 spiro atoms. The second-order valence-electron chi connectivity index (χ2n) is 5.99. The first-order valence-corrected chi connectivity index (χ1v) is 6.85. The smallest absolute Gasteiger partial charge is 0.307 e. The molecule has 1 aliphatic rings. The molecule has 0 heterocycles. The third kappa shape index (κ3) is 5.19. The summed E-state index contributed by atoms with van der Waals surface area (Å²) in [6.07, 6.45) is 2.92. The predicted molar refractivity (Wildman–Crippen MR) is 71.6 cm³/mol. The van der Waals surface area contributed by atoms with E-state index in [2.05, 4.69) is 5.32 Å². The molecular formula is C14H25NO4. The van der Waals surface area contributed by atoms with Gasteiger partial charge in [0.15, 0.2) is 0 Å². The van der Waals surface area contributed by atoms with Crippen molar-refractivity contribution in [3.63, 3.8) is 0 Å². The topological polar surface area (TPSA) is 64.6 Å². The summed E-state index contributed by atoms with van der Waals surface area (Å²) < 4.78 is 10.6. The fourth-order valence-electron chi connectivity index (χ4n) is 2.07. The van der Waals surface area contributed by atoms with Crippen molar-refractivity contribution in [3.8, 4) is 0 Å². The van der Waals surface area contributed by atoms with Gasteiger partial charge in [-0.2, -0.15) is 0 Å². The van der Waals surface area contributed by atoms with E-state index in [4.69, 9.17) is 9.47 Å². The Labute approximate surface area is 115 Å². The summed E-state index contributed by atoms with van der Waals surface area (Å²) in [6, 6.07) is 0. The van der Waals surface area contributed by atoms with Crippen LogP contribution in [0.2, 0.25) is 0 Å². The van der Waals surface area contributed by atoms with E-state index in [9.17, 15) is 9.59 Å². The van der Waals surface area contributed by atoms with Gasteiger partial charge in [-0.25, -0.2) is 0 Å². The molecule has 0 aromatic heterocycles. The lowest BCUT2D eigenvalue weighted by atomic mass is 9.96. The number of nitrogens with one attached hydrogen (secondary N) is 1. The van der Waals surface area contributed by atoms with Crippen LogP contribution in [0.25, 0.3) is 0 Å². The van der Waals surface area contributed by atoms with Crippen molar-refractivity contribution in [1.82, 2.24) is 5.32 Å². The number of hydrogen-bond acceptors (Lipinski definition) is 4. The summed E-state index contributed by atoms with van der Waals surface area (Å²) in [4.78, 5) is 23.3. The van der Waals surface area contributed by atoms with Crippen molar-refractivity contribution in [2.45, 2.75) is 58.7 Å². The maximum Gasteiger partial charge on any atom is 0.307 e. The highest BCUT2D eigenvalue weighted by Crippen LogP contribution is 2.24. The number of esters is 1. The van der Waals surface area contributed by atoms with E-state index in [0.717, 1.165) is 19.3 Å². The van der Waals surface area contributed by atoms with Crippen LogP contribution in [0.1, 0.15) is 46.5 Å². The zero-order valence-corrected chi connectivity index (χ0v) is 12.3.